The molecule has 0 saturated heterocycles. The maximum Gasteiger partial charge on any atom is 0.126 e. The van der Waals surface area contributed by atoms with Gasteiger partial charge in [-0.1, -0.05) is 44.2 Å². The molecule has 0 unspecified atom stereocenters. The monoisotopic (exact) mass is 309 g/mol. The van der Waals surface area contributed by atoms with Crippen molar-refractivity contribution in [2.45, 2.75) is 26.4 Å². The Balaban J connectivity index is 0.00000162. The lowest BCUT2D eigenvalue weighted by molar-refractivity contribution is 0.419. The van der Waals surface area contributed by atoms with Crippen LogP contribution in [0.4, 0.5) is 0 Å². The minimum atomic E-state index is 0. The van der Waals surface area contributed by atoms with E-state index in [2.05, 4.69) is 43.4 Å². The van der Waals surface area contributed by atoms with Crippen LogP contribution in [0.25, 0.3) is 10.8 Å². The zero-order valence-electron chi connectivity index (χ0n) is 11.1. The fourth-order valence-corrected chi connectivity index (χ4v) is 1.98. The number of hydrogen-bond donors (Lipinski definition) is 1. The summed E-state index contributed by atoms with van der Waals surface area (Å²) in [6.45, 7) is 5.21. The Hall–Kier alpha value is -1.06. The van der Waals surface area contributed by atoms with Gasteiger partial charge in [0.15, 0.2) is 0 Å². The van der Waals surface area contributed by atoms with Gasteiger partial charge in [0, 0.05) is 18.0 Å². The van der Waals surface area contributed by atoms with Crippen LogP contribution >= 0.6 is 17.0 Å². The smallest absolute Gasteiger partial charge is 0.126 e. The summed E-state index contributed by atoms with van der Waals surface area (Å²) in [7, 11) is 1.72. The van der Waals surface area contributed by atoms with E-state index in [4.69, 9.17) is 4.74 Å². The third-order valence-electron chi connectivity index (χ3n) is 2.90. The molecule has 2 aromatic rings. The molecule has 2 aromatic carbocycles. The van der Waals surface area contributed by atoms with Gasteiger partial charge in [-0.3, -0.25) is 0 Å². The average Bonchev–Trinajstić information content (AvgIpc) is 2.35. The van der Waals surface area contributed by atoms with Crippen molar-refractivity contribution in [1.29, 1.82) is 0 Å². The lowest BCUT2D eigenvalue weighted by Gasteiger charge is -2.12. The summed E-state index contributed by atoms with van der Waals surface area (Å²) in [4.78, 5) is 0. The Bertz CT molecular complexity index is 511. The van der Waals surface area contributed by atoms with Crippen molar-refractivity contribution in [3.05, 3.63) is 42.0 Å². The number of nitrogens with one attached hydrogen (secondary N) is 1. The largest absolute Gasteiger partial charge is 0.496 e. The van der Waals surface area contributed by atoms with Crippen molar-refractivity contribution < 1.29 is 4.74 Å². The normalized spacial score (nSPS) is 10.4. The van der Waals surface area contributed by atoms with Crippen molar-refractivity contribution in [3.8, 4) is 5.75 Å². The predicted molar refractivity (Wildman–Crippen MR) is 82.8 cm³/mol. The molecular weight excluding hydrogens is 290 g/mol. The van der Waals surface area contributed by atoms with Crippen molar-refractivity contribution in [2.75, 3.05) is 7.11 Å². The van der Waals surface area contributed by atoms with E-state index in [1.807, 2.05) is 12.1 Å². The van der Waals surface area contributed by atoms with Crippen molar-refractivity contribution in [3.63, 3.8) is 0 Å². The summed E-state index contributed by atoms with van der Waals surface area (Å²) in [5, 5.41) is 5.89. The van der Waals surface area contributed by atoms with E-state index in [9.17, 15) is 0 Å². The van der Waals surface area contributed by atoms with Crippen molar-refractivity contribution >= 4 is 27.8 Å². The van der Waals surface area contributed by atoms with Gasteiger partial charge in [0.25, 0.3) is 0 Å². The van der Waals surface area contributed by atoms with Crippen molar-refractivity contribution in [2.24, 2.45) is 0 Å². The number of hydrogen-bond acceptors (Lipinski definition) is 2. The number of rotatable bonds is 4. The summed E-state index contributed by atoms with van der Waals surface area (Å²) >= 11 is 0. The van der Waals surface area contributed by atoms with Gasteiger partial charge in [-0.2, -0.15) is 0 Å². The lowest BCUT2D eigenvalue weighted by Crippen LogP contribution is -2.21. The fourth-order valence-electron chi connectivity index (χ4n) is 1.98. The molecule has 0 radical (unpaired) electrons. The molecule has 0 spiro atoms. The van der Waals surface area contributed by atoms with E-state index >= 15 is 0 Å². The molecule has 18 heavy (non-hydrogen) atoms. The molecule has 0 bridgehead atoms. The van der Waals surface area contributed by atoms with Gasteiger partial charge in [-0.05, 0) is 17.0 Å². The topological polar surface area (TPSA) is 21.3 Å². The molecule has 0 aliphatic carbocycles. The highest BCUT2D eigenvalue weighted by atomic mass is 79.9. The number of benzene rings is 2. The second-order valence-electron chi connectivity index (χ2n) is 4.51. The Morgan fingerprint density at radius 3 is 2.33 bits per heavy atom. The highest BCUT2D eigenvalue weighted by Gasteiger charge is 2.05. The van der Waals surface area contributed by atoms with Gasteiger partial charge in [0.05, 0.1) is 7.11 Å². The molecule has 2 rings (SSSR count). The van der Waals surface area contributed by atoms with E-state index in [-0.39, 0.29) is 17.0 Å². The molecule has 0 fully saturated rings. The Morgan fingerprint density at radius 2 is 1.72 bits per heavy atom. The third kappa shape index (κ3) is 3.24. The molecule has 1 N–H and O–H groups in total. The van der Waals surface area contributed by atoms with Gasteiger partial charge in [0.2, 0.25) is 0 Å². The van der Waals surface area contributed by atoms with Gasteiger partial charge in [0.1, 0.15) is 5.75 Å². The zero-order chi connectivity index (χ0) is 12.3. The highest BCUT2D eigenvalue weighted by molar-refractivity contribution is 8.93. The fraction of sp³-hybridized carbons (Fsp3) is 0.333. The Kier molecular flexibility index (Phi) is 5.63. The first-order valence-electron chi connectivity index (χ1n) is 6.00. The molecule has 0 aliphatic rings. The Morgan fingerprint density at radius 1 is 1.06 bits per heavy atom. The van der Waals surface area contributed by atoms with Crippen LogP contribution in [0.2, 0.25) is 0 Å². The molecular formula is C15H20BrNO. The zero-order valence-corrected chi connectivity index (χ0v) is 12.8. The molecule has 0 aliphatic heterocycles. The summed E-state index contributed by atoms with van der Waals surface area (Å²) in [6, 6.07) is 13.0. The molecule has 0 heterocycles. The maximum atomic E-state index is 5.39. The minimum absolute atomic E-state index is 0. The van der Waals surface area contributed by atoms with Crippen LogP contribution in [0.1, 0.15) is 19.4 Å². The Labute approximate surface area is 119 Å². The van der Waals surface area contributed by atoms with E-state index in [1.54, 1.807) is 7.11 Å². The van der Waals surface area contributed by atoms with Crippen LogP contribution < -0.4 is 10.1 Å². The number of methoxy groups -OCH3 is 1. The van der Waals surface area contributed by atoms with Gasteiger partial charge in [-0.25, -0.2) is 0 Å². The average molecular weight is 310 g/mol. The van der Waals surface area contributed by atoms with Crippen LogP contribution in [-0.2, 0) is 6.54 Å². The second-order valence-corrected chi connectivity index (χ2v) is 4.51. The second kappa shape index (κ2) is 6.76. The van der Waals surface area contributed by atoms with Crippen LogP contribution in [-0.4, -0.2) is 13.2 Å². The molecule has 0 amide bonds. The first-order chi connectivity index (χ1) is 8.22. The van der Waals surface area contributed by atoms with Crippen LogP contribution in [0.3, 0.4) is 0 Å². The van der Waals surface area contributed by atoms with Crippen LogP contribution in [0, 0.1) is 0 Å². The van der Waals surface area contributed by atoms with E-state index in [1.165, 1.54) is 16.3 Å². The number of fused-ring (bicyclic) bond motifs is 1. The quantitative estimate of drug-likeness (QED) is 0.924. The lowest BCUT2D eigenvalue weighted by atomic mass is 10.0. The molecule has 0 atom stereocenters. The maximum absolute atomic E-state index is 5.39. The van der Waals surface area contributed by atoms with E-state index in [0.717, 1.165) is 12.3 Å². The summed E-state index contributed by atoms with van der Waals surface area (Å²) in [5.74, 6) is 0.939. The SMILES string of the molecule is Br.COc1ccc(CNC(C)C)c2ccccc12. The first-order valence-corrected chi connectivity index (χ1v) is 6.00. The molecule has 2 nitrogen and oxygen atoms in total. The van der Waals surface area contributed by atoms with Crippen LogP contribution in [0.15, 0.2) is 36.4 Å². The summed E-state index contributed by atoms with van der Waals surface area (Å²) < 4.78 is 5.39. The third-order valence-corrected chi connectivity index (χ3v) is 2.90. The number of ether oxygens (including phenoxy) is 1. The highest BCUT2D eigenvalue weighted by Crippen LogP contribution is 2.28. The minimum Gasteiger partial charge on any atom is -0.496 e. The summed E-state index contributed by atoms with van der Waals surface area (Å²) in [6.07, 6.45) is 0. The van der Waals surface area contributed by atoms with E-state index in [0.29, 0.717) is 6.04 Å². The van der Waals surface area contributed by atoms with Crippen LogP contribution in [0.5, 0.6) is 5.75 Å². The molecule has 0 aromatic heterocycles. The number of halogens is 1. The molecule has 3 heteroatoms. The standard InChI is InChI=1S/C15H19NO.BrH/c1-11(2)16-10-12-8-9-15(17-3)14-7-5-4-6-13(12)14;/h4-9,11,16H,10H2,1-3H3;1H. The first kappa shape index (κ1) is 15.0. The molecule has 98 valence electrons. The summed E-state index contributed by atoms with van der Waals surface area (Å²) in [5.41, 5.74) is 1.31. The van der Waals surface area contributed by atoms with Gasteiger partial charge < -0.3 is 10.1 Å². The van der Waals surface area contributed by atoms with Crippen molar-refractivity contribution in [1.82, 2.24) is 5.32 Å². The van der Waals surface area contributed by atoms with Gasteiger partial charge in [-0.15, -0.1) is 17.0 Å². The van der Waals surface area contributed by atoms with E-state index < -0.39 is 0 Å². The van der Waals surface area contributed by atoms with Gasteiger partial charge >= 0.3 is 0 Å². The predicted octanol–water partition coefficient (Wildman–Crippen LogP) is 3.92. The molecule has 0 saturated carbocycles.